The monoisotopic (exact) mass is 436 g/mol. The van der Waals surface area contributed by atoms with E-state index in [1.165, 1.54) is 0 Å². The number of para-hydroxylation sites is 2. The fourth-order valence-corrected chi connectivity index (χ4v) is 4.04. The maximum absolute atomic E-state index is 13.1. The van der Waals surface area contributed by atoms with Gasteiger partial charge in [0.15, 0.2) is 0 Å². The van der Waals surface area contributed by atoms with Gasteiger partial charge in [0.25, 0.3) is 5.91 Å². The normalized spacial score (nSPS) is 12.0. The van der Waals surface area contributed by atoms with E-state index in [0.29, 0.717) is 23.6 Å². The molecule has 0 spiro atoms. The van der Waals surface area contributed by atoms with Crippen molar-refractivity contribution in [1.82, 2.24) is 14.9 Å². The molecule has 0 saturated carbocycles. The Bertz CT molecular complexity index is 1290. The van der Waals surface area contributed by atoms with Crippen LogP contribution in [0.3, 0.4) is 0 Å². The van der Waals surface area contributed by atoms with Gasteiger partial charge in [-0.25, -0.2) is 4.98 Å². The summed E-state index contributed by atoms with van der Waals surface area (Å²) in [7, 11) is 0. The molecule has 1 N–H and O–H groups in total. The highest BCUT2D eigenvalue weighted by Gasteiger charge is 2.24. The van der Waals surface area contributed by atoms with Crippen LogP contribution in [0, 0.1) is 24.2 Å². The molecule has 4 rings (SSSR count). The number of imidazole rings is 1. The smallest absolute Gasteiger partial charge is 0.251 e. The lowest BCUT2D eigenvalue weighted by Crippen LogP contribution is -2.31. The number of nitrogens with one attached hydrogen (secondary N) is 1. The molecule has 0 aliphatic rings. The van der Waals surface area contributed by atoms with Crippen molar-refractivity contribution in [3.8, 4) is 6.07 Å². The molecule has 1 atom stereocenters. The largest absolute Gasteiger partial charge is 0.342 e. The van der Waals surface area contributed by atoms with Gasteiger partial charge in [-0.05, 0) is 61.2 Å². The summed E-state index contributed by atoms with van der Waals surface area (Å²) in [5.41, 5.74) is 5.40. The van der Waals surface area contributed by atoms with E-state index >= 15 is 0 Å². The van der Waals surface area contributed by atoms with Gasteiger partial charge in [0.05, 0.1) is 28.7 Å². The minimum Gasteiger partial charge on any atom is -0.342 e. The van der Waals surface area contributed by atoms with Crippen molar-refractivity contribution in [3.63, 3.8) is 0 Å². The molecule has 0 aliphatic heterocycles. The third kappa shape index (κ3) is 5.12. The molecule has 3 aromatic carbocycles. The average Bonchev–Trinajstić information content (AvgIpc) is 3.17. The van der Waals surface area contributed by atoms with Crippen molar-refractivity contribution in [2.75, 3.05) is 0 Å². The molecule has 33 heavy (non-hydrogen) atoms. The third-order valence-electron chi connectivity index (χ3n) is 5.75. The average molecular weight is 437 g/mol. The zero-order valence-electron chi connectivity index (χ0n) is 19.2. The molecule has 0 radical (unpaired) electrons. The fraction of sp³-hybridized carbons (Fsp3) is 0.250. The Morgan fingerprint density at radius 1 is 1.03 bits per heavy atom. The van der Waals surface area contributed by atoms with Gasteiger partial charge in [0, 0.05) is 12.1 Å². The van der Waals surface area contributed by atoms with Gasteiger partial charge in [-0.1, -0.05) is 55.8 Å². The molecular formula is C28H28N4O. The maximum atomic E-state index is 13.1. The fourth-order valence-electron chi connectivity index (χ4n) is 4.04. The van der Waals surface area contributed by atoms with Gasteiger partial charge in [0.1, 0.15) is 5.82 Å². The van der Waals surface area contributed by atoms with Crippen LogP contribution < -0.4 is 5.32 Å². The van der Waals surface area contributed by atoms with Crippen LogP contribution in [-0.4, -0.2) is 15.5 Å². The van der Waals surface area contributed by atoms with Crippen LogP contribution in [0.2, 0.25) is 0 Å². The number of carbonyl (C=O) groups excluding carboxylic acids is 1. The molecule has 0 fully saturated rings. The second-order valence-corrected chi connectivity index (χ2v) is 8.88. The molecule has 1 amide bonds. The number of nitriles is 1. The molecule has 4 aromatic rings. The van der Waals surface area contributed by atoms with Crippen LogP contribution in [0.25, 0.3) is 11.0 Å². The number of carbonyl (C=O) groups is 1. The summed E-state index contributed by atoms with van der Waals surface area (Å²) in [5, 5.41) is 12.4. The second kappa shape index (κ2) is 9.70. The second-order valence-electron chi connectivity index (χ2n) is 8.88. The van der Waals surface area contributed by atoms with Gasteiger partial charge in [-0.15, -0.1) is 0 Å². The number of hydrogen-bond donors (Lipinski definition) is 1. The van der Waals surface area contributed by atoms with Crippen LogP contribution in [0.1, 0.15) is 59.2 Å². The van der Waals surface area contributed by atoms with Gasteiger partial charge in [-0.2, -0.15) is 5.26 Å². The van der Waals surface area contributed by atoms with Gasteiger partial charge >= 0.3 is 0 Å². The van der Waals surface area contributed by atoms with Crippen LogP contribution in [0.15, 0.2) is 72.8 Å². The number of benzene rings is 3. The van der Waals surface area contributed by atoms with Crippen LogP contribution in [0.4, 0.5) is 0 Å². The molecule has 1 aromatic heterocycles. The van der Waals surface area contributed by atoms with E-state index in [0.717, 1.165) is 34.4 Å². The topological polar surface area (TPSA) is 70.7 Å². The van der Waals surface area contributed by atoms with Crippen LogP contribution >= 0.6 is 0 Å². The number of aromatic nitrogens is 2. The highest BCUT2D eigenvalue weighted by Crippen LogP contribution is 2.27. The number of amides is 1. The number of fused-ring (bicyclic) bond motifs is 1. The van der Waals surface area contributed by atoms with Gasteiger partial charge < -0.3 is 9.88 Å². The van der Waals surface area contributed by atoms with Gasteiger partial charge in [0.2, 0.25) is 0 Å². The summed E-state index contributed by atoms with van der Waals surface area (Å²) in [6.45, 7) is 6.92. The number of aryl methyl sites for hydroxylation is 1. The van der Waals surface area contributed by atoms with Crippen molar-refractivity contribution in [2.24, 2.45) is 5.92 Å². The lowest BCUT2D eigenvalue weighted by molar-refractivity contribution is 0.0929. The van der Waals surface area contributed by atoms with Crippen molar-refractivity contribution >= 4 is 16.9 Å². The van der Waals surface area contributed by atoms with Crippen molar-refractivity contribution in [2.45, 2.75) is 39.8 Å². The van der Waals surface area contributed by atoms with E-state index in [-0.39, 0.29) is 11.9 Å². The Morgan fingerprint density at radius 2 is 1.73 bits per heavy atom. The first kappa shape index (κ1) is 22.3. The quantitative estimate of drug-likeness (QED) is 0.399. The summed E-state index contributed by atoms with van der Waals surface area (Å²) in [6.07, 6.45) is 0.772. The molecular weight excluding hydrogens is 408 g/mol. The van der Waals surface area contributed by atoms with E-state index < -0.39 is 0 Å². The van der Waals surface area contributed by atoms with E-state index in [9.17, 15) is 4.79 Å². The minimum atomic E-state index is -0.232. The molecule has 0 bridgehead atoms. The Morgan fingerprint density at radius 3 is 2.39 bits per heavy atom. The number of hydrogen-bond acceptors (Lipinski definition) is 3. The van der Waals surface area contributed by atoms with Gasteiger partial charge in [-0.3, -0.25) is 4.79 Å². The van der Waals surface area contributed by atoms with E-state index in [1.54, 1.807) is 0 Å². The maximum Gasteiger partial charge on any atom is 0.251 e. The van der Waals surface area contributed by atoms with E-state index in [2.05, 4.69) is 35.9 Å². The van der Waals surface area contributed by atoms with Crippen molar-refractivity contribution in [1.29, 1.82) is 5.26 Å². The molecule has 0 aliphatic carbocycles. The molecule has 166 valence electrons. The summed E-state index contributed by atoms with van der Waals surface area (Å²) in [4.78, 5) is 18.1. The number of nitrogens with zero attached hydrogens (tertiary/aromatic N) is 3. The molecule has 0 unspecified atom stereocenters. The van der Waals surface area contributed by atoms with Crippen molar-refractivity contribution in [3.05, 3.63) is 101 Å². The predicted octanol–water partition coefficient (Wildman–Crippen LogP) is 5.78. The molecule has 5 heteroatoms. The highest BCUT2D eigenvalue weighted by atomic mass is 16.1. The van der Waals surface area contributed by atoms with E-state index in [1.807, 2.05) is 73.7 Å². The SMILES string of the molecule is Cc1ccc(C(=O)N[C@H](CC(C)C)c2nc3ccccc3n2Cc2ccc(C#N)cc2)cc1. The minimum absolute atomic E-state index is 0.0994. The standard InChI is InChI=1S/C28H28N4O/c1-19(2)16-25(31-28(33)23-14-8-20(3)9-15-23)27-30-24-6-4-5-7-26(24)32(27)18-22-12-10-21(17-29)11-13-22/h4-15,19,25H,16,18H2,1-3H3,(H,31,33)/t25-/m1/s1. The Labute approximate surface area is 194 Å². The summed E-state index contributed by atoms with van der Waals surface area (Å²) in [5.74, 6) is 1.11. The van der Waals surface area contributed by atoms with Crippen LogP contribution in [0.5, 0.6) is 0 Å². The predicted molar refractivity (Wildman–Crippen MR) is 131 cm³/mol. The Balaban J connectivity index is 1.73. The molecule has 5 nitrogen and oxygen atoms in total. The molecule has 1 heterocycles. The Kier molecular flexibility index (Phi) is 6.55. The first-order chi connectivity index (χ1) is 15.9. The zero-order valence-corrected chi connectivity index (χ0v) is 19.2. The number of rotatable bonds is 7. The first-order valence-electron chi connectivity index (χ1n) is 11.3. The van der Waals surface area contributed by atoms with Crippen molar-refractivity contribution < 1.29 is 4.79 Å². The Hall–Kier alpha value is -3.91. The van der Waals surface area contributed by atoms with E-state index in [4.69, 9.17) is 10.2 Å². The lowest BCUT2D eigenvalue weighted by Gasteiger charge is -2.22. The highest BCUT2D eigenvalue weighted by molar-refractivity contribution is 5.94. The summed E-state index contributed by atoms with van der Waals surface area (Å²) >= 11 is 0. The third-order valence-corrected chi connectivity index (χ3v) is 5.75. The summed E-state index contributed by atoms with van der Waals surface area (Å²) in [6, 6.07) is 25.2. The summed E-state index contributed by atoms with van der Waals surface area (Å²) < 4.78 is 2.18. The first-order valence-corrected chi connectivity index (χ1v) is 11.3. The lowest BCUT2D eigenvalue weighted by atomic mass is 10.0. The van der Waals surface area contributed by atoms with Crippen LogP contribution in [-0.2, 0) is 6.54 Å². The zero-order chi connectivity index (χ0) is 23.4. The molecule has 0 saturated heterocycles.